The van der Waals surface area contributed by atoms with Crippen LogP contribution >= 0.6 is 0 Å². The van der Waals surface area contributed by atoms with E-state index in [0.717, 1.165) is 83.5 Å². The zero-order chi connectivity index (χ0) is 33.3. The van der Waals surface area contributed by atoms with Gasteiger partial charge in [-0.3, -0.25) is 0 Å². The van der Waals surface area contributed by atoms with E-state index < -0.39 is 0 Å². The molecule has 0 aliphatic carbocycles. The molecule has 0 saturated carbocycles. The third kappa shape index (κ3) is 5.15. The molecule has 1 heterocycles. The summed E-state index contributed by atoms with van der Waals surface area (Å²) in [6, 6.07) is 71.1. The Labute approximate surface area is 292 Å². The van der Waals surface area contributed by atoms with Crippen LogP contribution in [0.1, 0.15) is 0 Å². The van der Waals surface area contributed by atoms with Gasteiger partial charge in [0.2, 0.25) is 0 Å². The monoisotopic (exact) mass is 639 g/mol. The molecule has 0 aliphatic rings. The zero-order valence-electron chi connectivity index (χ0n) is 27.4. The molecule has 0 saturated heterocycles. The fourth-order valence-electron chi connectivity index (χ4n) is 7.28. The summed E-state index contributed by atoms with van der Waals surface area (Å²) in [7, 11) is 0. The third-order valence-electron chi connectivity index (χ3n) is 9.50. The van der Waals surface area contributed by atoms with Gasteiger partial charge in [-0.05, 0) is 52.6 Å². The molecule has 2 nitrogen and oxygen atoms in total. The lowest BCUT2D eigenvalue weighted by Crippen LogP contribution is -2.13. The van der Waals surface area contributed by atoms with E-state index in [9.17, 15) is 0 Å². The summed E-state index contributed by atoms with van der Waals surface area (Å²) in [5.41, 5.74) is 14.2. The molecule has 1 aromatic heterocycles. The van der Waals surface area contributed by atoms with Crippen molar-refractivity contribution in [1.82, 2.24) is 0 Å². The predicted molar refractivity (Wildman–Crippen MR) is 210 cm³/mol. The number of hydrogen-bond acceptors (Lipinski definition) is 2. The van der Waals surface area contributed by atoms with Crippen LogP contribution in [0.4, 0.5) is 17.1 Å². The van der Waals surface area contributed by atoms with Crippen LogP contribution in [-0.2, 0) is 0 Å². The Morgan fingerprint density at radius 3 is 1.28 bits per heavy atom. The number of hydrogen-bond donors (Lipinski definition) is 0. The molecule has 0 amide bonds. The molecule has 2 heteroatoms. The summed E-state index contributed by atoms with van der Waals surface area (Å²) in [5, 5.41) is 2.22. The second kappa shape index (κ2) is 12.8. The van der Waals surface area contributed by atoms with Crippen LogP contribution in [0.15, 0.2) is 205 Å². The maximum absolute atomic E-state index is 6.52. The summed E-state index contributed by atoms with van der Waals surface area (Å²) >= 11 is 0. The number of nitrogens with zero attached hydrogens (tertiary/aromatic N) is 1. The van der Waals surface area contributed by atoms with E-state index in [-0.39, 0.29) is 0 Å². The van der Waals surface area contributed by atoms with E-state index in [1.165, 1.54) is 0 Å². The van der Waals surface area contributed by atoms with Gasteiger partial charge in [0.05, 0.1) is 17.1 Å². The number of para-hydroxylation sites is 4. The standard InChI is InChI=1S/C48H33NO/c1-4-18-34(19-5-1)37-24-10-14-28-42(37)49(43-29-15-11-25-38(43)35-20-6-2-7-21-35)44-30-16-12-26-40(44)47-39(36-22-8-3-9-23-36)32-33-46-48(47)41-27-13-17-31-45(41)50-46/h1-33H. The van der Waals surface area contributed by atoms with E-state index in [0.29, 0.717) is 0 Å². The second-order valence-corrected chi connectivity index (χ2v) is 12.4. The molecular formula is C48H33NO. The fourth-order valence-corrected chi connectivity index (χ4v) is 7.28. The van der Waals surface area contributed by atoms with Crippen LogP contribution in [-0.4, -0.2) is 0 Å². The largest absolute Gasteiger partial charge is 0.456 e. The third-order valence-corrected chi connectivity index (χ3v) is 9.50. The van der Waals surface area contributed by atoms with Crippen molar-refractivity contribution in [3.05, 3.63) is 200 Å². The van der Waals surface area contributed by atoms with Gasteiger partial charge in [-0.1, -0.05) is 170 Å². The van der Waals surface area contributed by atoms with Gasteiger partial charge in [0.15, 0.2) is 0 Å². The smallest absolute Gasteiger partial charge is 0.136 e. The van der Waals surface area contributed by atoms with Crippen LogP contribution < -0.4 is 4.90 Å². The van der Waals surface area contributed by atoms with Crippen molar-refractivity contribution in [3.63, 3.8) is 0 Å². The molecule has 8 aromatic carbocycles. The second-order valence-electron chi connectivity index (χ2n) is 12.4. The van der Waals surface area contributed by atoms with Crippen LogP contribution in [0.3, 0.4) is 0 Å². The molecule has 236 valence electrons. The minimum atomic E-state index is 0.872. The van der Waals surface area contributed by atoms with Crippen molar-refractivity contribution >= 4 is 39.0 Å². The van der Waals surface area contributed by atoms with E-state index in [2.05, 4.69) is 199 Å². The van der Waals surface area contributed by atoms with Gasteiger partial charge in [-0.25, -0.2) is 0 Å². The van der Waals surface area contributed by atoms with Gasteiger partial charge < -0.3 is 9.32 Å². The van der Waals surface area contributed by atoms with Crippen molar-refractivity contribution in [2.75, 3.05) is 4.90 Å². The molecule has 0 fully saturated rings. The highest BCUT2D eigenvalue weighted by Crippen LogP contribution is 2.51. The summed E-state index contributed by atoms with van der Waals surface area (Å²) in [4.78, 5) is 2.45. The maximum atomic E-state index is 6.52. The Hall–Kier alpha value is -6.64. The normalized spacial score (nSPS) is 11.2. The predicted octanol–water partition coefficient (Wildman–Crippen LogP) is 13.7. The van der Waals surface area contributed by atoms with Crippen LogP contribution in [0.5, 0.6) is 0 Å². The highest BCUT2D eigenvalue weighted by molar-refractivity contribution is 6.17. The molecule has 0 atom stereocenters. The molecule has 0 N–H and O–H groups in total. The van der Waals surface area contributed by atoms with Crippen molar-refractivity contribution in [2.45, 2.75) is 0 Å². The number of anilines is 3. The number of fused-ring (bicyclic) bond motifs is 3. The average Bonchev–Trinajstić information content (AvgIpc) is 3.58. The van der Waals surface area contributed by atoms with E-state index in [1.807, 2.05) is 6.07 Å². The Morgan fingerprint density at radius 1 is 0.300 bits per heavy atom. The van der Waals surface area contributed by atoms with Gasteiger partial charge in [0, 0.05) is 33.0 Å². The minimum Gasteiger partial charge on any atom is -0.456 e. The van der Waals surface area contributed by atoms with Gasteiger partial charge in [-0.15, -0.1) is 0 Å². The molecule has 0 bridgehead atoms. The Bertz CT molecular complexity index is 2500. The van der Waals surface area contributed by atoms with Crippen LogP contribution in [0.2, 0.25) is 0 Å². The lowest BCUT2D eigenvalue weighted by molar-refractivity contribution is 0.669. The summed E-state index contributed by atoms with van der Waals surface area (Å²) < 4.78 is 6.52. The fraction of sp³-hybridized carbons (Fsp3) is 0. The van der Waals surface area contributed by atoms with Gasteiger partial charge in [0.1, 0.15) is 11.2 Å². The number of benzene rings is 8. The zero-order valence-corrected chi connectivity index (χ0v) is 27.4. The van der Waals surface area contributed by atoms with Gasteiger partial charge in [0.25, 0.3) is 0 Å². The summed E-state index contributed by atoms with van der Waals surface area (Å²) in [5.74, 6) is 0. The molecule has 0 radical (unpaired) electrons. The van der Waals surface area contributed by atoms with E-state index >= 15 is 0 Å². The lowest BCUT2D eigenvalue weighted by atomic mass is 9.89. The molecule has 0 spiro atoms. The first-order valence-electron chi connectivity index (χ1n) is 17.0. The molecular weight excluding hydrogens is 607 g/mol. The highest BCUT2D eigenvalue weighted by atomic mass is 16.3. The Morgan fingerprint density at radius 2 is 0.720 bits per heavy atom. The van der Waals surface area contributed by atoms with E-state index in [1.54, 1.807) is 0 Å². The summed E-state index contributed by atoms with van der Waals surface area (Å²) in [6.07, 6.45) is 0. The molecule has 0 aliphatic heterocycles. The van der Waals surface area contributed by atoms with Crippen molar-refractivity contribution in [2.24, 2.45) is 0 Å². The molecule has 9 rings (SSSR count). The van der Waals surface area contributed by atoms with Crippen molar-refractivity contribution < 1.29 is 4.42 Å². The quantitative estimate of drug-likeness (QED) is 0.173. The first kappa shape index (κ1) is 29.5. The van der Waals surface area contributed by atoms with Crippen LogP contribution in [0.25, 0.3) is 66.4 Å². The highest BCUT2D eigenvalue weighted by Gasteiger charge is 2.26. The van der Waals surface area contributed by atoms with E-state index in [4.69, 9.17) is 4.42 Å². The SMILES string of the molecule is c1ccc(-c2ccccc2N(c2ccccc2-c2ccccc2)c2ccccc2-c2c(-c3ccccc3)ccc3oc4ccccc4c23)cc1. The van der Waals surface area contributed by atoms with Gasteiger partial charge in [-0.2, -0.15) is 0 Å². The average molecular weight is 640 g/mol. The topological polar surface area (TPSA) is 16.4 Å². The number of rotatable bonds is 7. The first-order chi connectivity index (χ1) is 24.8. The Kier molecular flexibility index (Phi) is 7.53. The van der Waals surface area contributed by atoms with Crippen molar-refractivity contribution in [3.8, 4) is 44.5 Å². The maximum Gasteiger partial charge on any atom is 0.136 e. The Balaban J connectivity index is 1.40. The summed E-state index contributed by atoms with van der Waals surface area (Å²) in [6.45, 7) is 0. The van der Waals surface area contributed by atoms with Crippen molar-refractivity contribution in [1.29, 1.82) is 0 Å². The molecule has 0 unspecified atom stereocenters. The lowest BCUT2D eigenvalue weighted by Gasteiger charge is -2.32. The first-order valence-corrected chi connectivity index (χ1v) is 17.0. The molecule has 50 heavy (non-hydrogen) atoms. The minimum absolute atomic E-state index is 0.872. The van der Waals surface area contributed by atoms with Crippen LogP contribution in [0, 0.1) is 0 Å². The molecule has 9 aromatic rings. The van der Waals surface area contributed by atoms with Gasteiger partial charge >= 0.3 is 0 Å². The number of furan rings is 1.